The summed E-state index contributed by atoms with van der Waals surface area (Å²) in [4.78, 5) is 0. The molecule has 0 saturated heterocycles. The van der Waals surface area contributed by atoms with Gasteiger partial charge in [-0.15, -0.1) is 0 Å². The third-order valence-electron chi connectivity index (χ3n) is 5.29. The zero-order valence-electron chi connectivity index (χ0n) is 18.8. The average Bonchev–Trinajstić information content (AvgIpc) is 2.58. The Labute approximate surface area is 172 Å². The van der Waals surface area contributed by atoms with Gasteiger partial charge in [-0.2, -0.15) is 0 Å². The highest BCUT2D eigenvalue weighted by molar-refractivity contribution is 4.51. The monoisotopic (exact) mass is 391 g/mol. The van der Waals surface area contributed by atoms with Gasteiger partial charge in [0.05, 0.1) is 26.7 Å². The molecule has 0 rings (SSSR count). The molecule has 0 aliphatic heterocycles. The second-order valence-electron chi connectivity index (χ2n) is 8.80. The van der Waals surface area contributed by atoms with Gasteiger partial charge in [0.2, 0.25) is 0 Å². The summed E-state index contributed by atoms with van der Waals surface area (Å²) in [6, 6.07) is 0. The largest absolute Gasteiger partial charge is 1.00 e. The van der Waals surface area contributed by atoms with Crippen molar-refractivity contribution in [3.05, 3.63) is 0 Å². The third kappa shape index (κ3) is 20.5. The molecule has 0 spiro atoms. The van der Waals surface area contributed by atoms with E-state index >= 15 is 0 Å². The maximum absolute atomic E-state index is 6.10. The molecular formula is C23H50ClNO. The summed E-state index contributed by atoms with van der Waals surface area (Å²) in [5.74, 6) is 0. The summed E-state index contributed by atoms with van der Waals surface area (Å²) >= 11 is 0. The Hall–Kier alpha value is 0.210. The SMILES string of the molecule is CCCCCCCCCCCC[N+](C)(C)COC(C)CCCCCC.[Cl-]. The van der Waals surface area contributed by atoms with Gasteiger partial charge >= 0.3 is 0 Å². The van der Waals surface area contributed by atoms with Crippen LogP contribution in [-0.4, -0.2) is 38.0 Å². The quantitative estimate of drug-likeness (QED) is 0.181. The van der Waals surface area contributed by atoms with Crippen molar-refractivity contribution in [1.82, 2.24) is 0 Å². The zero-order valence-corrected chi connectivity index (χ0v) is 19.6. The number of hydrogen-bond donors (Lipinski definition) is 0. The Kier molecular flexibility index (Phi) is 21.8. The van der Waals surface area contributed by atoms with Crippen molar-refractivity contribution in [1.29, 1.82) is 0 Å². The van der Waals surface area contributed by atoms with Gasteiger partial charge in [0, 0.05) is 0 Å². The van der Waals surface area contributed by atoms with E-state index < -0.39 is 0 Å². The Bertz CT molecular complexity index is 271. The molecule has 3 heteroatoms. The van der Waals surface area contributed by atoms with Gasteiger partial charge in [0.1, 0.15) is 0 Å². The first-order valence-electron chi connectivity index (χ1n) is 11.5. The van der Waals surface area contributed by atoms with E-state index in [0.717, 1.165) is 11.2 Å². The van der Waals surface area contributed by atoms with Crippen LogP contribution in [0.1, 0.15) is 117 Å². The molecule has 0 aromatic heterocycles. The summed E-state index contributed by atoms with van der Waals surface area (Å²) in [5.41, 5.74) is 0. The van der Waals surface area contributed by atoms with E-state index in [1.165, 1.54) is 103 Å². The lowest BCUT2D eigenvalue weighted by Crippen LogP contribution is -3.00. The molecule has 0 aliphatic rings. The van der Waals surface area contributed by atoms with Gasteiger partial charge in [0.15, 0.2) is 6.73 Å². The van der Waals surface area contributed by atoms with Crippen LogP contribution in [-0.2, 0) is 4.74 Å². The minimum absolute atomic E-state index is 0. The maximum Gasteiger partial charge on any atom is 0.183 e. The molecule has 1 atom stereocenters. The topological polar surface area (TPSA) is 9.23 Å². The molecule has 160 valence electrons. The number of rotatable bonds is 19. The molecule has 0 heterocycles. The van der Waals surface area contributed by atoms with Crippen LogP contribution in [0.4, 0.5) is 0 Å². The van der Waals surface area contributed by atoms with E-state index in [2.05, 4.69) is 34.9 Å². The third-order valence-corrected chi connectivity index (χ3v) is 5.29. The number of quaternary nitrogens is 1. The van der Waals surface area contributed by atoms with E-state index in [-0.39, 0.29) is 12.4 Å². The van der Waals surface area contributed by atoms with Crippen LogP contribution in [0, 0.1) is 0 Å². The predicted octanol–water partition coefficient (Wildman–Crippen LogP) is 4.32. The van der Waals surface area contributed by atoms with E-state index in [1.807, 2.05) is 0 Å². The summed E-state index contributed by atoms with van der Waals surface area (Å²) in [5, 5.41) is 0. The molecule has 0 aromatic carbocycles. The van der Waals surface area contributed by atoms with Gasteiger partial charge in [-0.25, -0.2) is 0 Å². The fraction of sp³-hybridized carbons (Fsp3) is 1.00. The van der Waals surface area contributed by atoms with Gasteiger partial charge in [-0.3, -0.25) is 0 Å². The van der Waals surface area contributed by atoms with Gasteiger partial charge < -0.3 is 21.6 Å². The van der Waals surface area contributed by atoms with Gasteiger partial charge in [-0.1, -0.05) is 90.9 Å². The lowest BCUT2D eigenvalue weighted by molar-refractivity contribution is -0.910. The average molecular weight is 392 g/mol. The smallest absolute Gasteiger partial charge is 0.183 e. The fourth-order valence-corrected chi connectivity index (χ4v) is 3.36. The van der Waals surface area contributed by atoms with E-state index in [1.54, 1.807) is 0 Å². The van der Waals surface area contributed by atoms with Crippen molar-refractivity contribution in [3.63, 3.8) is 0 Å². The highest BCUT2D eigenvalue weighted by Gasteiger charge is 2.16. The Balaban J connectivity index is 0. The van der Waals surface area contributed by atoms with Crippen LogP contribution in [0.3, 0.4) is 0 Å². The summed E-state index contributed by atoms with van der Waals surface area (Å²) in [6.45, 7) is 8.92. The number of ether oxygens (including phenoxy) is 1. The van der Waals surface area contributed by atoms with Crippen molar-refractivity contribution in [3.8, 4) is 0 Å². The molecule has 0 amide bonds. The standard InChI is InChI=1S/C23H50NO.ClH/c1-6-8-10-12-13-14-15-16-17-19-21-24(4,5)22-25-23(3)20-18-11-9-7-2;/h23H,6-22H2,1-5H3;1H/q+1;/p-1. The van der Waals surface area contributed by atoms with E-state index in [0.29, 0.717) is 6.10 Å². The molecule has 0 bridgehead atoms. The minimum atomic E-state index is 0. The van der Waals surface area contributed by atoms with Crippen molar-refractivity contribution in [2.24, 2.45) is 0 Å². The van der Waals surface area contributed by atoms with Crippen molar-refractivity contribution in [2.45, 2.75) is 123 Å². The minimum Gasteiger partial charge on any atom is -1.00 e. The number of nitrogens with zero attached hydrogens (tertiary/aromatic N) is 1. The number of halogens is 1. The first-order chi connectivity index (χ1) is 12.0. The van der Waals surface area contributed by atoms with E-state index in [4.69, 9.17) is 4.74 Å². The summed E-state index contributed by atoms with van der Waals surface area (Å²) in [6.07, 6.45) is 21.2. The second kappa shape index (κ2) is 20.0. The van der Waals surface area contributed by atoms with Gasteiger partial charge in [0.25, 0.3) is 0 Å². The molecular weight excluding hydrogens is 342 g/mol. The van der Waals surface area contributed by atoms with Crippen LogP contribution in [0.15, 0.2) is 0 Å². The van der Waals surface area contributed by atoms with Crippen molar-refractivity contribution in [2.75, 3.05) is 27.4 Å². The summed E-state index contributed by atoms with van der Waals surface area (Å²) in [7, 11) is 4.63. The molecule has 0 aliphatic carbocycles. The highest BCUT2D eigenvalue weighted by atomic mass is 35.5. The Morgan fingerprint density at radius 2 is 1.08 bits per heavy atom. The molecule has 2 nitrogen and oxygen atoms in total. The summed E-state index contributed by atoms with van der Waals surface area (Å²) < 4.78 is 7.11. The maximum atomic E-state index is 6.10. The van der Waals surface area contributed by atoms with Crippen molar-refractivity contribution >= 4 is 0 Å². The lowest BCUT2D eigenvalue weighted by atomic mass is 10.1. The molecule has 0 saturated carbocycles. The molecule has 0 aromatic rings. The molecule has 26 heavy (non-hydrogen) atoms. The molecule has 0 fully saturated rings. The Morgan fingerprint density at radius 1 is 0.654 bits per heavy atom. The molecule has 0 N–H and O–H groups in total. The number of hydrogen-bond acceptors (Lipinski definition) is 1. The first-order valence-corrected chi connectivity index (χ1v) is 11.5. The molecule has 0 radical (unpaired) electrons. The van der Waals surface area contributed by atoms with Gasteiger partial charge in [-0.05, 0) is 26.2 Å². The first kappa shape index (κ1) is 28.4. The zero-order chi connectivity index (χ0) is 18.8. The van der Waals surface area contributed by atoms with Crippen LogP contribution in [0.5, 0.6) is 0 Å². The van der Waals surface area contributed by atoms with Crippen LogP contribution >= 0.6 is 0 Å². The molecule has 1 unspecified atom stereocenters. The fourth-order valence-electron chi connectivity index (χ4n) is 3.36. The highest BCUT2D eigenvalue weighted by Crippen LogP contribution is 2.13. The lowest BCUT2D eigenvalue weighted by Gasteiger charge is -2.30. The van der Waals surface area contributed by atoms with Crippen LogP contribution in [0.25, 0.3) is 0 Å². The van der Waals surface area contributed by atoms with Crippen LogP contribution < -0.4 is 12.4 Å². The normalized spacial score (nSPS) is 12.8. The van der Waals surface area contributed by atoms with Crippen LogP contribution in [0.2, 0.25) is 0 Å². The second-order valence-corrected chi connectivity index (χ2v) is 8.80. The van der Waals surface area contributed by atoms with Crippen molar-refractivity contribution < 1.29 is 21.6 Å². The van der Waals surface area contributed by atoms with E-state index in [9.17, 15) is 0 Å². The number of unbranched alkanes of at least 4 members (excludes halogenated alkanes) is 12. The Morgan fingerprint density at radius 3 is 1.58 bits per heavy atom. The predicted molar refractivity (Wildman–Crippen MR) is 113 cm³/mol.